The van der Waals surface area contributed by atoms with Crippen LogP contribution in [0, 0.1) is 13.8 Å². The second-order valence-corrected chi connectivity index (χ2v) is 4.83. The molecule has 0 amide bonds. The number of hydrogen-bond donors (Lipinski definition) is 3. The quantitative estimate of drug-likeness (QED) is 0.654. The molecular formula is C11H11F3N8O. The molecule has 3 aromatic rings. The van der Waals surface area contributed by atoms with E-state index in [4.69, 9.17) is 0 Å². The summed E-state index contributed by atoms with van der Waals surface area (Å²) in [4.78, 5) is 13.4. The fourth-order valence-corrected chi connectivity index (χ4v) is 2.03. The molecule has 0 atom stereocenters. The maximum atomic E-state index is 12.9. The molecule has 0 aromatic carbocycles. The van der Waals surface area contributed by atoms with Gasteiger partial charge in [0.25, 0.3) is 5.82 Å². The van der Waals surface area contributed by atoms with E-state index in [-0.39, 0.29) is 18.0 Å². The maximum Gasteiger partial charge on any atom is 0.453 e. The molecule has 0 aliphatic rings. The number of rotatable bonds is 3. The Kier molecular flexibility index (Phi) is 3.30. The first-order chi connectivity index (χ1) is 10.8. The van der Waals surface area contributed by atoms with E-state index in [9.17, 15) is 18.0 Å². The smallest absolute Gasteiger partial charge is 0.361 e. The van der Waals surface area contributed by atoms with Gasteiger partial charge in [-0.3, -0.25) is 4.98 Å². The molecule has 0 fully saturated rings. The second-order valence-electron chi connectivity index (χ2n) is 4.83. The van der Waals surface area contributed by atoms with Crippen LogP contribution in [0.5, 0.6) is 0 Å². The molecule has 3 aromatic heterocycles. The Labute approximate surface area is 125 Å². The first-order valence-electron chi connectivity index (χ1n) is 6.44. The molecule has 3 rings (SSSR count). The number of aromatic amines is 2. The first-order valence-corrected chi connectivity index (χ1v) is 6.44. The highest BCUT2D eigenvalue weighted by atomic mass is 19.4. The van der Waals surface area contributed by atoms with E-state index in [1.165, 1.54) is 0 Å². The molecule has 0 aliphatic heterocycles. The summed E-state index contributed by atoms with van der Waals surface area (Å²) in [5.74, 6) is -0.690. The van der Waals surface area contributed by atoms with Crippen LogP contribution in [-0.2, 0) is 12.7 Å². The van der Waals surface area contributed by atoms with Crippen molar-refractivity contribution in [1.29, 1.82) is 0 Å². The molecule has 3 N–H and O–H groups in total. The summed E-state index contributed by atoms with van der Waals surface area (Å²) < 4.78 is 39.4. The van der Waals surface area contributed by atoms with E-state index in [1.807, 2.05) is 0 Å². The third kappa shape index (κ3) is 2.62. The van der Waals surface area contributed by atoms with Gasteiger partial charge < -0.3 is 5.32 Å². The zero-order valence-electron chi connectivity index (χ0n) is 12.0. The number of halogens is 3. The highest BCUT2D eigenvalue weighted by molar-refractivity contribution is 5.58. The minimum Gasteiger partial charge on any atom is -0.361 e. The Morgan fingerprint density at radius 2 is 1.96 bits per heavy atom. The van der Waals surface area contributed by atoms with Gasteiger partial charge in [0.05, 0.1) is 6.54 Å². The summed E-state index contributed by atoms with van der Waals surface area (Å²) in [6.45, 7) is 3.41. The summed E-state index contributed by atoms with van der Waals surface area (Å²) in [5.41, 5.74) is 0.697. The number of nitrogens with one attached hydrogen (secondary N) is 3. The largest absolute Gasteiger partial charge is 0.453 e. The lowest BCUT2D eigenvalue weighted by atomic mass is 10.2. The predicted molar refractivity (Wildman–Crippen MR) is 71.8 cm³/mol. The van der Waals surface area contributed by atoms with Gasteiger partial charge in [0.2, 0.25) is 0 Å². The molecule has 23 heavy (non-hydrogen) atoms. The molecule has 0 aliphatic carbocycles. The highest BCUT2D eigenvalue weighted by Crippen LogP contribution is 2.29. The molecular weight excluding hydrogens is 317 g/mol. The molecule has 0 saturated heterocycles. The Balaban J connectivity index is 2.02. The number of fused-ring (bicyclic) bond motifs is 1. The van der Waals surface area contributed by atoms with Crippen molar-refractivity contribution in [3.05, 3.63) is 33.3 Å². The van der Waals surface area contributed by atoms with Crippen LogP contribution in [0.25, 0.3) is 5.65 Å². The van der Waals surface area contributed by atoms with E-state index in [0.29, 0.717) is 21.5 Å². The minimum absolute atomic E-state index is 0.0357. The van der Waals surface area contributed by atoms with Gasteiger partial charge in [-0.2, -0.15) is 22.8 Å². The molecule has 12 heteroatoms. The zero-order valence-corrected chi connectivity index (χ0v) is 12.0. The van der Waals surface area contributed by atoms with Crippen LogP contribution >= 0.6 is 0 Å². The molecule has 0 saturated carbocycles. The summed E-state index contributed by atoms with van der Waals surface area (Å²) >= 11 is 0. The van der Waals surface area contributed by atoms with Crippen molar-refractivity contribution < 1.29 is 13.2 Å². The molecule has 0 radical (unpaired) electrons. The van der Waals surface area contributed by atoms with E-state index in [1.54, 1.807) is 13.8 Å². The second kappa shape index (κ2) is 5.07. The van der Waals surface area contributed by atoms with Crippen molar-refractivity contribution in [2.75, 3.05) is 5.32 Å². The molecule has 122 valence electrons. The molecule has 0 unspecified atom stereocenters. The van der Waals surface area contributed by atoms with Crippen LogP contribution in [0.15, 0.2) is 4.79 Å². The van der Waals surface area contributed by atoms with Crippen molar-refractivity contribution in [3.8, 4) is 0 Å². The number of aryl methyl sites for hydroxylation is 1. The molecule has 0 bridgehead atoms. The van der Waals surface area contributed by atoms with Crippen LogP contribution in [-0.4, -0.2) is 35.0 Å². The van der Waals surface area contributed by atoms with E-state index in [0.717, 1.165) is 0 Å². The van der Waals surface area contributed by atoms with Gasteiger partial charge in [0.1, 0.15) is 5.82 Å². The van der Waals surface area contributed by atoms with Gasteiger partial charge in [-0.25, -0.2) is 9.89 Å². The lowest BCUT2D eigenvalue weighted by Gasteiger charge is -2.11. The van der Waals surface area contributed by atoms with Gasteiger partial charge in [0.15, 0.2) is 11.5 Å². The number of nitrogens with zero attached hydrogens (tertiary/aromatic N) is 5. The molecule has 0 spiro atoms. The maximum absolute atomic E-state index is 12.9. The minimum atomic E-state index is -4.67. The SMILES string of the molecule is Cc1c(NCc2n[nH]c(=O)[nH]2)nn2c(C(F)(F)F)nnc2c1C. The van der Waals surface area contributed by atoms with E-state index >= 15 is 0 Å². The van der Waals surface area contributed by atoms with Gasteiger partial charge in [-0.05, 0) is 19.4 Å². The van der Waals surface area contributed by atoms with E-state index < -0.39 is 17.7 Å². The lowest BCUT2D eigenvalue weighted by molar-refractivity contribution is -0.146. The van der Waals surface area contributed by atoms with E-state index in [2.05, 4.69) is 35.8 Å². The standard InChI is InChI=1S/C11H11F3N8O/c1-4-5(2)8-18-19-9(11(12,13)14)22(8)21-7(4)15-3-6-16-10(23)20-17-6/h3H2,1-2H3,(H,15,21)(H2,16,17,20,23). The van der Waals surface area contributed by atoms with Gasteiger partial charge in [-0.1, -0.05) is 0 Å². The van der Waals surface area contributed by atoms with Crippen molar-refractivity contribution in [1.82, 2.24) is 35.0 Å². The van der Waals surface area contributed by atoms with Crippen LogP contribution in [0.1, 0.15) is 22.8 Å². The van der Waals surface area contributed by atoms with Crippen LogP contribution in [0.2, 0.25) is 0 Å². The van der Waals surface area contributed by atoms with Crippen molar-refractivity contribution in [2.45, 2.75) is 26.6 Å². The lowest BCUT2D eigenvalue weighted by Crippen LogP contribution is -2.15. The average molecular weight is 328 g/mol. The first kappa shape index (κ1) is 15.0. The summed E-state index contributed by atoms with van der Waals surface area (Å²) in [5, 5.41) is 19.3. The average Bonchev–Trinajstić information content (AvgIpc) is 3.07. The number of alkyl halides is 3. The fourth-order valence-electron chi connectivity index (χ4n) is 2.03. The summed E-state index contributed by atoms with van der Waals surface area (Å²) in [6, 6.07) is 0. The van der Waals surface area contributed by atoms with Crippen molar-refractivity contribution in [2.24, 2.45) is 0 Å². The Morgan fingerprint density at radius 1 is 1.22 bits per heavy atom. The highest BCUT2D eigenvalue weighted by Gasteiger charge is 2.38. The number of aromatic nitrogens is 7. The monoisotopic (exact) mass is 328 g/mol. The third-order valence-electron chi connectivity index (χ3n) is 3.32. The topological polar surface area (TPSA) is 117 Å². The predicted octanol–water partition coefficient (Wildman–Crippen LogP) is 0.783. The Hall–Kier alpha value is -2.92. The number of H-pyrrole nitrogens is 2. The van der Waals surface area contributed by atoms with Gasteiger partial charge >= 0.3 is 11.9 Å². The zero-order chi connectivity index (χ0) is 16.8. The van der Waals surface area contributed by atoms with Crippen molar-refractivity contribution in [3.63, 3.8) is 0 Å². The molecule has 9 nitrogen and oxygen atoms in total. The van der Waals surface area contributed by atoms with Crippen molar-refractivity contribution >= 4 is 11.5 Å². The summed E-state index contributed by atoms with van der Waals surface area (Å²) in [7, 11) is 0. The normalized spacial score (nSPS) is 12.0. The Morgan fingerprint density at radius 3 is 2.57 bits per heavy atom. The van der Waals surface area contributed by atoms with Gasteiger partial charge in [-0.15, -0.1) is 15.3 Å². The third-order valence-corrected chi connectivity index (χ3v) is 3.32. The van der Waals surface area contributed by atoms with Crippen LogP contribution in [0.3, 0.4) is 0 Å². The summed E-state index contributed by atoms with van der Waals surface area (Å²) in [6.07, 6.45) is -4.67. The van der Waals surface area contributed by atoms with Crippen LogP contribution in [0.4, 0.5) is 19.0 Å². The van der Waals surface area contributed by atoms with Crippen LogP contribution < -0.4 is 11.0 Å². The fraction of sp³-hybridized carbons (Fsp3) is 0.364. The number of anilines is 1. The number of hydrogen-bond acceptors (Lipinski definition) is 6. The Bertz CT molecular complexity index is 922. The molecule has 3 heterocycles. The van der Waals surface area contributed by atoms with Gasteiger partial charge in [0, 0.05) is 5.56 Å².